The number of aromatic nitrogens is 1. The van der Waals surface area contributed by atoms with Gasteiger partial charge in [-0.3, -0.25) is 15.1 Å². The third-order valence-electron chi connectivity index (χ3n) is 3.02. The summed E-state index contributed by atoms with van der Waals surface area (Å²) in [6, 6.07) is 10.1. The Balaban J connectivity index is 1.91. The molecule has 1 aromatic carbocycles. The Hall–Kier alpha value is -2.43. The number of hydrogen-bond donors (Lipinski definition) is 0. The molecular weight excluding hydrogens is 256 g/mol. The van der Waals surface area contributed by atoms with Crippen LogP contribution in [0.2, 0.25) is 0 Å². The number of rotatable bonds is 6. The fourth-order valence-corrected chi connectivity index (χ4v) is 1.95. The van der Waals surface area contributed by atoms with E-state index in [2.05, 4.69) is 18.0 Å². The van der Waals surface area contributed by atoms with Crippen LogP contribution in [0, 0.1) is 10.1 Å². The number of nitro groups is 1. The number of aryl methyl sites for hydroxylation is 1. The maximum Gasteiger partial charge on any atom is 0.269 e. The first kappa shape index (κ1) is 14.0. The molecule has 5 nitrogen and oxygen atoms in total. The third-order valence-corrected chi connectivity index (χ3v) is 3.02. The molecule has 0 bridgehead atoms. The minimum absolute atomic E-state index is 0.0651. The maximum atomic E-state index is 10.5. The van der Waals surface area contributed by atoms with Crippen LogP contribution < -0.4 is 4.74 Å². The number of pyridine rings is 1. The molecule has 0 aliphatic heterocycles. The minimum atomic E-state index is -0.425. The van der Waals surface area contributed by atoms with Gasteiger partial charge in [0.15, 0.2) is 0 Å². The molecule has 2 aromatic rings. The van der Waals surface area contributed by atoms with Crippen LogP contribution in [0.1, 0.15) is 18.2 Å². The van der Waals surface area contributed by atoms with Crippen molar-refractivity contribution in [3.63, 3.8) is 0 Å². The van der Waals surface area contributed by atoms with Crippen molar-refractivity contribution >= 4 is 5.69 Å². The number of nitrogens with zero attached hydrogens (tertiary/aromatic N) is 2. The summed E-state index contributed by atoms with van der Waals surface area (Å²) in [5.41, 5.74) is 2.33. The quantitative estimate of drug-likeness (QED) is 0.598. The van der Waals surface area contributed by atoms with E-state index in [0.717, 1.165) is 18.5 Å². The average Bonchev–Trinajstić information content (AvgIpc) is 2.48. The van der Waals surface area contributed by atoms with E-state index in [1.807, 2.05) is 6.07 Å². The lowest BCUT2D eigenvalue weighted by molar-refractivity contribution is -0.384. The lowest BCUT2D eigenvalue weighted by Gasteiger charge is -2.08. The third kappa shape index (κ3) is 3.54. The molecule has 1 heterocycles. The average molecular weight is 272 g/mol. The van der Waals surface area contributed by atoms with Gasteiger partial charge in [0, 0.05) is 30.4 Å². The number of nitro benzene ring substituents is 1. The SMILES string of the molecule is CCc1cccnc1CCOc1ccc([N+](=O)[O-])cc1. The second-order valence-electron chi connectivity index (χ2n) is 4.31. The van der Waals surface area contributed by atoms with E-state index >= 15 is 0 Å². The second kappa shape index (κ2) is 6.65. The Labute approximate surface area is 117 Å². The first-order chi connectivity index (χ1) is 9.70. The van der Waals surface area contributed by atoms with Crippen molar-refractivity contribution < 1.29 is 9.66 Å². The van der Waals surface area contributed by atoms with Gasteiger partial charge in [-0.25, -0.2) is 0 Å². The number of non-ortho nitro benzene ring substituents is 1. The maximum absolute atomic E-state index is 10.5. The van der Waals surface area contributed by atoms with E-state index in [-0.39, 0.29) is 5.69 Å². The highest BCUT2D eigenvalue weighted by atomic mass is 16.6. The van der Waals surface area contributed by atoms with E-state index in [1.54, 1.807) is 18.3 Å². The fourth-order valence-electron chi connectivity index (χ4n) is 1.95. The first-order valence-electron chi connectivity index (χ1n) is 6.50. The highest BCUT2D eigenvalue weighted by Gasteiger charge is 2.05. The predicted octanol–water partition coefficient (Wildman–Crippen LogP) is 3.17. The lowest BCUT2D eigenvalue weighted by atomic mass is 10.1. The fraction of sp³-hybridized carbons (Fsp3) is 0.267. The van der Waals surface area contributed by atoms with Crippen molar-refractivity contribution in [2.45, 2.75) is 19.8 Å². The topological polar surface area (TPSA) is 65.3 Å². The molecule has 5 heteroatoms. The summed E-state index contributed by atoms with van der Waals surface area (Å²) in [4.78, 5) is 14.5. The summed E-state index contributed by atoms with van der Waals surface area (Å²) >= 11 is 0. The van der Waals surface area contributed by atoms with E-state index in [1.165, 1.54) is 17.7 Å². The molecule has 1 aromatic heterocycles. The molecule has 2 rings (SSSR count). The van der Waals surface area contributed by atoms with Crippen molar-refractivity contribution in [2.24, 2.45) is 0 Å². The van der Waals surface area contributed by atoms with Crippen LogP contribution in [0.15, 0.2) is 42.6 Å². The van der Waals surface area contributed by atoms with E-state index in [9.17, 15) is 10.1 Å². The van der Waals surface area contributed by atoms with Gasteiger partial charge in [0.2, 0.25) is 0 Å². The van der Waals surface area contributed by atoms with Crippen molar-refractivity contribution in [2.75, 3.05) is 6.61 Å². The first-order valence-corrected chi connectivity index (χ1v) is 6.50. The zero-order valence-corrected chi connectivity index (χ0v) is 11.3. The van der Waals surface area contributed by atoms with Gasteiger partial charge >= 0.3 is 0 Å². The van der Waals surface area contributed by atoms with Crippen molar-refractivity contribution in [1.29, 1.82) is 0 Å². The standard InChI is InChI=1S/C15H16N2O3/c1-2-12-4-3-10-16-15(12)9-11-20-14-7-5-13(6-8-14)17(18)19/h3-8,10H,2,9,11H2,1H3. The molecule has 0 aliphatic rings. The van der Waals surface area contributed by atoms with Gasteiger partial charge in [-0.05, 0) is 30.2 Å². The molecule has 0 N–H and O–H groups in total. The number of benzene rings is 1. The smallest absolute Gasteiger partial charge is 0.269 e. The zero-order chi connectivity index (χ0) is 14.4. The van der Waals surface area contributed by atoms with E-state index in [4.69, 9.17) is 4.74 Å². The van der Waals surface area contributed by atoms with Crippen LogP contribution >= 0.6 is 0 Å². The Kier molecular flexibility index (Phi) is 4.65. The Bertz CT molecular complexity index is 582. The van der Waals surface area contributed by atoms with E-state index in [0.29, 0.717) is 12.4 Å². The van der Waals surface area contributed by atoms with Crippen LogP contribution in [0.4, 0.5) is 5.69 Å². The van der Waals surface area contributed by atoms with Crippen LogP contribution in [-0.2, 0) is 12.8 Å². The molecule has 0 aliphatic carbocycles. The Morgan fingerprint density at radius 1 is 1.25 bits per heavy atom. The van der Waals surface area contributed by atoms with Crippen LogP contribution in [0.25, 0.3) is 0 Å². The van der Waals surface area contributed by atoms with Gasteiger partial charge in [0.1, 0.15) is 5.75 Å². The van der Waals surface area contributed by atoms with Crippen LogP contribution in [-0.4, -0.2) is 16.5 Å². The van der Waals surface area contributed by atoms with Gasteiger partial charge < -0.3 is 4.74 Å². The molecule has 104 valence electrons. The summed E-state index contributed by atoms with van der Waals surface area (Å²) < 4.78 is 5.58. The van der Waals surface area contributed by atoms with Gasteiger partial charge in [-0.2, -0.15) is 0 Å². The van der Waals surface area contributed by atoms with Gasteiger partial charge in [0.25, 0.3) is 5.69 Å². The molecule has 0 spiro atoms. The number of hydrogen-bond acceptors (Lipinski definition) is 4. The zero-order valence-electron chi connectivity index (χ0n) is 11.3. The second-order valence-corrected chi connectivity index (χ2v) is 4.31. The van der Waals surface area contributed by atoms with Gasteiger partial charge in [-0.1, -0.05) is 13.0 Å². The lowest BCUT2D eigenvalue weighted by Crippen LogP contribution is -2.05. The highest BCUT2D eigenvalue weighted by Crippen LogP contribution is 2.17. The predicted molar refractivity (Wildman–Crippen MR) is 75.9 cm³/mol. The molecule has 0 saturated heterocycles. The van der Waals surface area contributed by atoms with Gasteiger partial charge in [0.05, 0.1) is 11.5 Å². The molecule has 0 atom stereocenters. The van der Waals surface area contributed by atoms with Crippen molar-refractivity contribution in [3.8, 4) is 5.75 Å². The molecule has 0 amide bonds. The summed E-state index contributed by atoms with van der Waals surface area (Å²) in [6.07, 6.45) is 3.45. The normalized spacial score (nSPS) is 10.2. The Morgan fingerprint density at radius 3 is 2.65 bits per heavy atom. The summed E-state index contributed by atoms with van der Waals surface area (Å²) in [5, 5.41) is 10.5. The molecule has 0 saturated carbocycles. The summed E-state index contributed by atoms with van der Waals surface area (Å²) in [6.45, 7) is 2.60. The highest BCUT2D eigenvalue weighted by molar-refractivity contribution is 5.36. The van der Waals surface area contributed by atoms with Crippen molar-refractivity contribution in [1.82, 2.24) is 4.98 Å². The number of ether oxygens (including phenoxy) is 1. The molecule has 0 fully saturated rings. The monoisotopic (exact) mass is 272 g/mol. The minimum Gasteiger partial charge on any atom is -0.493 e. The van der Waals surface area contributed by atoms with E-state index < -0.39 is 4.92 Å². The summed E-state index contributed by atoms with van der Waals surface area (Å²) in [5.74, 6) is 0.629. The molecular formula is C15H16N2O3. The molecule has 20 heavy (non-hydrogen) atoms. The largest absolute Gasteiger partial charge is 0.493 e. The van der Waals surface area contributed by atoms with Gasteiger partial charge in [-0.15, -0.1) is 0 Å². The van der Waals surface area contributed by atoms with Crippen LogP contribution in [0.3, 0.4) is 0 Å². The summed E-state index contributed by atoms with van der Waals surface area (Å²) in [7, 11) is 0. The van der Waals surface area contributed by atoms with Crippen LogP contribution in [0.5, 0.6) is 5.75 Å². The Morgan fingerprint density at radius 2 is 2.00 bits per heavy atom. The molecule has 0 unspecified atom stereocenters. The molecule has 0 radical (unpaired) electrons. The van der Waals surface area contributed by atoms with Crippen molar-refractivity contribution in [3.05, 3.63) is 64.0 Å².